The first kappa shape index (κ1) is 10.1. The SMILES string of the molecule is O=COc1ccc(CCCCl)cc1. The van der Waals surface area contributed by atoms with Gasteiger partial charge in [0.1, 0.15) is 5.75 Å². The second-order valence-corrected chi connectivity index (χ2v) is 3.03. The second-order valence-electron chi connectivity index (χ2n) is 2.65. The fourth-order valence-corrected chi connectivity index (χ4v) is 1.19. The van der Waals surface area contributed by atoms with Crippen LogP contribution < -0.4 is 4.74 Å². The highest BCUT2D eigenvalue weighted by atomic mass is 35.5. The molecule has 0 amide bonds. The maximum Gasteiger partial charge on any atom is 0.298 e. The van der Waals surface area contributed by atoms with Gasteiger partial charge >= 0.3 is 0 Å². The van der Waals surface area contributed by atoms with Crippen LogP contribution in [0.15, 0.2) is 24.3 Å². The van der Waals surface area contributed by atoms with Crippen molar-refractivity contribution in [3.63, 3.8) is 0 Å². The number of rotatable bonds is 5. The quantitative estimate of drug-likeness (QED) is 0.537. The van der Waals surface area contributed by atoms with Gasteiger partial charge in [-0.1, -0.05) is 12.1 Å². The average Bonchev–Trinajstić information content (AvgIpc) is 2.17. The van der Waals surface area contributed by atoms with Crippen molar-refractivity contribution in [2.75, 3.05) is 5.88 Å². The summed E-state index contributed by atoms with van der Waals surface area (Å²) in [4.78, 5) is 9.99. The van der Waals surface area contributed by atoms with Gasteiger partial charge in [0, 0.05) is 5.88 Å². The molecule has 70 valence electrons. The van der Waals surface area contributed by atoms with Gasteiger partial charge in [0.15, 0.2) is 0 Å². The van der Waals surface area contributed by atoms with Crippen LogP contribution in [0.2, 0.25) is 0 Å². The van der Waals surface area contributed by atoms with Gasteiger partial charge in [0.25, 0.3) is 6.47 Å². The highest BCUT2D eigenvalue weighted by molar-refractivity contribution is 6.17. The molecule has 3 heteroatoms. The lowest BCUT2D eigenvalue weighted by Gasteiger charge is -2.00. The molecule has 0 radical (unpaired) electrons. The number of hydrogen-bond acceptors (Lipinski definition) is 2. The molecule has 0 heterocycles. The molecule has 0 spiro atoms. The fraction of sp³-hybridized carbons (Fsp3) is 0.300. The molecule has 0 aliphatic carbocycles. The molecule has 0 fully saturated rings. The molecule has 2 nitrogen and oxygen atoms in total. The van der Waals surface area contributed by atoms with Gasteiger partial charge in [0.2, 0.25) is 0 Å². The first-order chi connectivity index (χ1) is 6.36. The first-order valence-electron chi connectivity index (χ1n) is 4.12. The fourth-order valence-electron chi connectivity index (χ4n) is 1.06. The Hall–Kier alpha value is -1.02. The molecule has 0 aromatic heterocycles. The summed E-state index contributed by atoms with van der Waals surface area (Å²) < 4.78 is 4.66. The van der Waals surface area contributed by atoms with Crippen molar-refractivity contribution in [3.05, 3.63) is 29.8 Å². The normalized spacial score (nSPS) is 9.62. The topological polar surface area (TPSA) is 26.3 Å². The minimum absolute atomic E-state index is 0.424. The number of carbonyl (C=O) groups excluding carboxylic acids is 1. The Labute approximate surface area is 82.5 Å². The second kappa shape index (κ2) is 5.60. The largest absolute Gasteiger partial charge is 0.429 e. The van der Waals surface area contributed by atoms with Crippen molar-refractivity contribution < 1.29 is 9.53 Å². The molecule has 0 saturated carbocycles. The smallest absolute Gasteiger partial charge is 0.298 e. The van der Waals surface area contributed by atoms with Gasteiger partial charge in [-0.3, -0.25) is 4.79 Å². The van der Waals surface area contributed by atoms with Crippen LogP contribution in [0.4, 0.5) is 0 Å². The van der Waals surface area contributed by atoms with Gasteiger partial charge in [-0.15, -0.1) is 11.6 Å². The van der Waals surface area contributed by atoms with Gasteiger partial charge in [-0.2, -0.15) is 0 Å². The van der Waals surface area contributed by atoms with Crippen LogP contribution in [0.1, 0.15) is 12.0 Å². The summed E-state index contributed by atoms with van der Waals surface area (Å²) in [6.45, 7) is 0.424. The number of alkyl halides is 1. The van der Waals surface area contributed by atoms with Gasteiger partial charge in [0.05, 0.1) is 0 Å². The summed E-state index contributed by atoms with van der Waals surface area (Å²) in [5.74, 6) is 1.25. The van der Waals surface area contributed by atoms with Crippen molar-refractivity contribution in [3.8, 4) is 5.75 Å². The minimum atomic E-state index is 0.424. The van der Waals surface area contributed by atoms with E-state index in [0.29, 0.717) is 18.1 Å². The summed E-state index contributed by atoms with van der Waals surface area (Å²) in [6, 6.07) is 7.42. The number of benzene rings is 1. The van der Waals surface area contributed by atoms with E-state index in [1.165, 1.54) is 5.56 Å². The van der Waals surface area contributed by atoms with Gasteiger partial charge < -0.3 is 4.74 Å². The summed E-state index contributed by atoms with van der Waals surface area (Å²) >= 11 is 5.56. The molecule has 1 aromatic carbocycles. The molecule has 0 aliphatic rings. The lowest BCUT2D eigenvalue weighted by Crippen LogP contribution is -1.90. The van der Waals surface area contributed by atoms with E-state index < -0.39 is 0 Å². The Morgan fingerprint density at radius 3 is 2.54 bits per heavy atom. The predicted molar refractivity (Wildman–Crippen MR) is 52.2 cm³/mol. The highest BCUT2D eigenvalue weighted by Gasteiger charge is 1.94. The third-order valence-corrected chi connectivity index (χ3v) is 1.97. The minimum Gasteiger partial charge on any atom is -0.429 e. The maximum absolute atomic E-state index is 9.99. The van der Waals surface area contributed by atoms with Crippen LogP contribution in [0.25, 0.3) is 0 Å². The monoisotopic (exact) mass is 198 g/mol. The Balaban J connectivity index is 2.53. The van der Waals surface area contributed by atoms with Crippen LogP contribution in [-0.2, 0) is 11.2 Å². The number of hydrogen-bond donors (Lipinski definition) is 0. The van der Waals surface area contributed by atoms with Crippen LogP contribution >= 0.6 is 11.6 Å². The molecule has 0 N–H and O–H groups in total. The molecule has 0 bridgehead atoms. The Bertz CT molecular complexity index is 256. The molecule has 1 aromatic rings. The molecule has 0 saturated heterocycles. The third kappa shape index (κ3) is 3.47. The average molecular weight is 199 g/mol. The standard InChI is InChI=1S/C10H11ClO2/c11-7-1-2-9-3-5-10(6-4-9)13-8-12/h3-6,8H,1-2,7H2. The molecule has 13 heavy (non-hydrogen) atoms. The Morgan fingerprint density at radius 2 is 2.00 bits per heavy atom. The summed E-state index contributed by atoms with van der Waals surface area (Å²) in [5.41, 5.74) is 1.21. The zero-order valence-electron chi connectivity index (χ0n) is 7.20. The van der Waals surface area contributed by atoms with Crippen LogP contribution in [-0.4, -0.2) is 12.4 Å². The molecular formula is C10H11ClO2. The van der Waals surface area contributed by atoms with Crippen LogP contribution in [0.5, 0.6) is 5.75 Å². The van der Waals surface area contributed by atoms with E-state index in [4.69, 9.17) is 11.6 Å². The Kier molecular flexibility index (Phi) is 4.33. The molecule has 0 unspecified atom stereocenters. The van der Waals surface area contributed by atoms with Gasteiger partial charge in [-0.25, -0.2) is 0 Å². The zero-order valence-corrected chi connectivity index (χ0v) is 7.96. The van der Waals surface area contributed by atoms with E-state index in [2.05, 4.69) is 4.74 Å². The summed E-state index contributed by atoms with van der Waals surface area (Å²) in [7, 11) is 0. The maximum atomic E-state index is 9.99. The van der Waals surface area contributed by atoms with Crippen molar-refractivity contribution in [1.29, 1.82) is 0 Å². The summed E-state index contributed by atoms with van der Waals surface area (Å²) in [6.07, 6.45) is 1.93. The van der Waals surface area contributed by atoms with Crippen molar-refractivity contribution in [1.82, 2.24) is 0 Å². The van der Waals surface area contributed by atoms with E-state index in [1.54, 1.807) is 12.1 Å². The predicted octanol–water partition coefficient (Wildman–Crippen LogP) is 2.39. The first-order valence-corrected chi connectivity index (χ1v) is 4.65. The van der Waals surface area contributed by atoms with Crippen LogP contribution in [0, 0.1) is 0 Å². The van der Waals surface area contributed by atoms with E-state index in [1.807, 2.05) is 12.1 Å². The molecule has 0 atom stereocenters. The zero-order chi connectivity index (χ0) is 9.52. The van der Waals surface area contributed by atoms with E-state index in [0.717, 1.165) is 12.8 Å². The molecule has 1 rings (SSSR count). The van der Waals surface area contributed by atoms with Crippen molar-refractivity contribution in [2.45, 2.75) is 12.8 Å². The number of carbonyl (C=O) groups is 1. The number of ether oxygens (including phenoxy) is 1. The van der Waals surface area contributed by atoms with E-state index in [9.17, 15) is 4.79 Å². The van der Waals surface area contributed by atoms with Gasteiger partial charge in [-0.05, 0) is 30.5 Å². The lowest BCUT2D eigenvalue weighted by molar-refractivity contribution is -0.120. The Morgan fingerprint density at radius 1 is 1.31 bits per heavy atom. The lowest BCUT2D eigenvalue weighted by atomic mass is 10.1. The molecular weight excluding hydrogens is 188 g/mol. The third-order valence-electron chi connectivity index (χ3n) is 1.71. The van der Waals surface area contributed by atoms with Crippen molar-refractivity contribution in [2.24, 2.45) is 0 Å². The van der Waals surface area contributed by atoms with Crippen molar-refractivity contribution >= 4 is 18.1 Å². The van der Waals surface area contributed by atoms with E-state index in [-0.39, 0.29) is 0 Å². The molecule has 0 aliphatic heterocycles. The van der Waals surface area contributed by atoms with E-state index >= 15 is 0 Å². The van der Waals surface area contributed by atoms with Crippen LogP contribution in [0.3, 0.4) is 0 Å². The summed E-state index contributed by atoms with van der Waals surface area (Å²) in [5, 5.41) is 0. The number of aryl methyl sites for hydroxylation is 1. The highest BCUT2D eigenvalue weighted by Crippen LogP contribution is 2.12. The number of halogens is 1.